The van der Waals surface area contributed by atoms with Gasteiger partial charge in [0.15, 0.2) is 17.2 Å². The van der Waals surface area contributed by atoms with Gasteiger partial charge in [0, 0.05) is 12.1 Å². The highest BCUT2D eigenvalue weighted by atomic mass is 19.1. The predicted molar refractivity (Wildman–Crippen MR) is 89.2 cm³/mol. The molecule has 0 fully saturated rings. The van der Waals surface area contributed by atoms with Crippen molar-refractivity contribution >= 4 is 17.4 Å². The Labute approximate surface area is 147 Å². The van der Waals surface area contributed by atoms with E-state index in [9.17, 15) is 19.4 Å². The van der Waals surface area contributed by atoms with Gasteiger partial charge in [0.2, 0.25) is 0 Å². The number of anilines is 1. The highest BCUT2D eigenvalue weighted by molar-refractivity contribution is 5.94. The maximum absolute atomic E-state index is 13.6. The molecule has 0 aliphatic carbocycles. The summed E-state index contributed by atoms with van der Waals surface area (Å²) in [6.45, 7) is 2.46. The number of rotatable bonds is 3. The van der Waals surface area contributed by atoms with Crippen LogP contribution in [0.5, 0.6) is 11.5 Å². The Hall–Kier alpha value is -3.36. The first-order valence-electron chi connectivity index (χ1n) is 7.92. The molecule has 0 saturated heterocycles. The summed E-state index contributed by atoms with van der Waals surface area (Å²) in [4.78, 5) is 17.6. The van der Waals surface area contributed by atoms with Crippen LogP contribution in [0.2, 0.25) is 0 Å². The van der Waals surface area contributed by atoms with Crippen LogP contribution >= 0.6 is 0 Å². The van der Waals surface area contributed by atoms with Gasteiger partial charge < -0.3 is 19.8 Å². The molecular formula is C17H15FN4O4. The maximum atomic E-state index is 13.6. The van der Waals surface area contributed by atoms with Crippen LogP contribution in [0, 0.1) is 5.82 Å². The summed E-state index contributed by atoms with van der Waals surface area (Å²) in [6, 6.07) is 3.63. The third kappa shape index (κ3) is 2.57. The van der Waals surface area contributed by atoms with Gasteiger partial charge in [-0.15, -0.1) is 0 Å². The molecule has 0 bridgehead atoms. The zero-order chi connectivity index (χ0) is 18.4. The Morgan fingerprint density at radius 3 is 3.04 bits per heavy atom. The van der Waals surface area contributed by atoms with Gasteiger partial charge >= 0.3 is 5.97 Å². The maximum Gasteiger partial charge on any atom is 0.341 e. The molecule has 0 unspecified atom stereocenters. The average molecular weight is 358 g/mol. The minimum Gasteiger partial charge on any atom is -0.508 e. The van der Waals surface area contributed by atoms with Crippen molar-refractivity contribution in [1.29, 1.82) is 0 Å². The van der Waals surface area contributed by atoms with Crippen molar-refractivity contribution in [2.75, 3.05) is 11.5 Å². The van der Waals surface area contributed by atoms with Gasteiger partial charge in [-0.1, -0.05) is 0 Å². The number of benzene rings is 1. The van der Waals surface area contributed by atoms with E-state index in [2.05, 4.69) is 10.1 Å². The number of phenolic OH excluding ortho intramolecular Hbond substituents is 1. The van der Waals surface area contributed by atoms with Crippen molar-refractivity contribution in [2.24, 2.45) is 0 Å². The molecule has 0 radical (unpaired) electrons. The van der Waals surface area contributed by atoms with E-state index in [0.717, 1.165) is 0 Å². The van der Waals surface area contributed by atoms with Crippen LogP contribution in [0.15, 0.2) is 30.6 Å². The molecule has 2 aromatic heterocycles. The van der Waals surface area contributed by atoms with Gasteiger partial charge in [0.25, 0.3) is 0 Å². The number of aromatic hydroxyl groups is 1. The predicted octanol–water partition coefficient (Wildman–Crippen LogP) is 2.06. The lowest BCUT2D eigenvalue weighted by atomic mass is 10.1. The third-order valence-corrected chi connectivity index (χ3v) is 4.34. The first kappa shape index (κ1) is 16.1. The summed E-state index contributed by atoms with van der Waals surface area (Å²) in [5.74, 6) is -0.754. The first-order valence-corrected chi connectivity index (χ1v) is 7.92. The number of aromatic carboxylic acids is 1. The minimum absolute atomic E-state index is 0.0247. The van der Waals surface area contributed by atoms with E-state index in [0.29, 0.717) is 23.7 Å². The zero-order valence-electron chi connectivity index (χ0n) is 13.8. The zero-order valence-corrected chi connectivity index (χ0v) is 13.8. The van der Waals surface area contributed by atoms with Crippen LogP contribution in [0.1, 0.15) is 22.8 Å². The van der Waals surface area contributed by atoms with Crippen molar-refractivity contribution in [3.8, 4) is 11.5 Å². The van der Waals surface area contributed by atoms with Crippen LogP contribution in [0.3, 0.4) is 0 Å². The number of carboxylic acids is 1. The highest BCUT2D eigenvalue weighted by Crippen LogP contribution is 2.35. The normalized spacial score (nSPS) is 16.4. The molecule has 0 spiro atoms. The lowest BCUT2D eigenvalue weighted by Gasteiger charge is -2.35. The summed E-state index contributed by atoms with van der Waals surface area (Å²) in [5, 5.41) is 23.3. The molecular weight excluding hydrogens is 343 g/mol. The van der Waals surface area contributed by atoms with Gasteiger partial charge in [0.05, 0.1) is 18.4 Å². The molecule has 3 heterocycles. The average Bonchev–Trinajstić information content (AvgIpc) is 3.02. The van der Waals surface area contributed by atoms with Crippen molar-refractivity contribution in [3.05, 3.63) is 47.5 Å². The molecule has 1 aromatic carbocycles. The van der Waals surface area contributed by atoms with Crippen molar-refractivity contribution < 1.29 is 24.1 Å². The smallest absolute Gasteiger partial charge is 0.341 e. The standard InChI is InChI=1S/C17H15FN4O4/c1-9-8-26-14-7-22-15(12(5-19-22)17(24)25)20-16(14)21(9)6-10-4-11(18)2-3-13(10)23/h2-5,7,9,23H,6,8H2,1H3,(H,24,25)/t9-/m1/s1. The molecule has 134 valence electrons. The van der Waals surface area contributed by atoms with Gasteiger partial charge in [-0.05, 0) is 25.1 Å². The fourth-order valence-electron chi connectivity index (χ4n) is 2.95. The first-order chi connectivity index (χ1) is 12.4. The Morgan fingerprint density at radius 2 is 2.27 bits per heavy atom. The highest BCUT2D eigenvalue weighted by Gasteiger charge is 2.29. The SMILES string of the molecule is C[C@@H]1COc2cn3ncc(C(=O)O)c3nc2N1Cc1cc(F)ccc1O. The Kier molecular flexibility index (Phi) is 3.64. The van der Waals surface area contributed by atoms with Gasteiger partial charge in [-0.2, -0.15) is 5.10 Å². The van der Waals surface area contributed by atoms with E-state index >= 15 is 0 Å². The summed E-state index contributed by atoms with van der Waals surface area (Å²) >= 11 is 0. The summed E-state index contributed by atoms with van der Waals surface area (Å²) < 4.78 is 20.6. The topological polar surface area (TPSA) is 100 Å². The summed E-state index contributed by atoms with van der Waals surface area (Å²) in [6.07, 6.45) is 2.79. The van der Waals surface area contributed by atoms with E-state index in [-0.39, 0.29) is 29.5 Å². The molecule has 8 nitrogen and oxygen atoms in total. The third-order valence-electron chi connectivity index (χ3n) is 4.34. The van der Waals surface area contributed by atoms with Crippen LogP contribution in [0.25, 0.3) is 5.65 Å². The quantitative estimate of drug-likeness (QED) is 0.739. The molecule has 4 rings (SSSR count). The number of hydrogen-bond acceptors (Lipinski definition) is 6. The van der Waals surface area contributed by atoms with Crippen LogP contribution in [0.4, 0.5) is 10.2 Å². The fraction of sp³-hybridized carbons (Fsp3) is 0.235. The van der Waals surface area contributed by atoms with E-state index in [1.165, 1.54) is 28.9 Å². The number of aromatic nitrogens is 3. The molecule has 0 amide bonds. The van der Waals surface area contributed by atoms with Crippen LogP contribution < -0.4 is 9.64 Å². The summed E-state index contributed by atoms with van der Waals surface area (Å²) in [5.41, 5.74) is 0.556. The lowest BCUT2D eigenvalue weighted by Crippen LogP contribution is -2.41. The minimum atomic E-state index is -1.13. The van der Waals surface area contributed by atoms with Crippen molar-refractivity contribution in [1.82, 2.24) is 14.6 Å². The van der Waals surface area contributed by atoms with E-state index in [1.807, 2.05) is 11.8 Å². The number of carboxylic acid groups (broad SMARTS) is 1. The molecule has 2 N–H and O–H groups in total. The number of fused-ring (bicyclic) bond motifs is 2. The summed E-state index contributed by atoms with van der Waals surface area (Å²) in [7, 11) is 0. The van der Waals surface area contributed by atoms with E-state index in [4.69, 9.17) is 4.74 Å². The molecule has 3 aromatic rings. The fourth-order valence-corrected chi connectivity index (χ4v) is 2.95. The lowest BCUT2D eigenvalue weighted by molar-refractivity contribution is 0.0698. The van der Waals surface area contributed by atoms with Crippen molar-refractivity contribution in [2.45, 2.75) is 19.5 Å². The molecule has 1 atom stereocenters. The molecule has 9 heteroatoms. The van der Waals surface area contributed by atoms with Crippen LogP contribution in [-0.4, -0.2) is 43.4 Å². The van der Waals surface area contributed by atoms with Crippen LogP contribution in [-0.2, 0) is 6.54 Å². The second-order valence-electron chi connectivity index (χ2n) is 6.12. The van der Waals surface area contributed by atoms with E-state index < -0.39 is 11.8 Å². The molecule has 26 heavy (non-hydrogen) atoms. The monoisotopic (exact) mass is 358 g/mol. The molecule has 1 aliphatic rings. The second-order valence-corrected chi connectivity index (χ2v) is 6.12. The van der Waals surface area contributed by atoms with Gasteiger partial charge in [-0.25, -0.2) is 18.7 Å². The number of phenols is 1. The number of hydrogen-bond donors (Lipinski definition) is 2. The van der Waals surface area contributed by atoms with Gasteiger partial charge in [0.1, 0.15) is 23.7 Å². The Balaban J connectivity index is 1.81. The Bertz CT molecular complexity index is 1020. The van der Waals surface area contributed by atoms with Gasteiger partial charge in [-0.3, -0.25) is 0 Å². The van der Waals surface area contributed by atoms with E-state index in [1.54, 1.807) is 6.20 Å². The number of nitrogens with zero attached hydrogens (tertiary/aromatic N) is 4. The second kappa shape index (κ2) is 5.87. The Morgan fingerprint density at radius 1 is 1.46 bits per heavy atom. The number of carbonyl (C=O) groups is 1. The number of ether oxygens (including phenoxy) is 1. The number of halogens is 1. The largest absolute Gasteiger partial charge is 0.508 e. The molecule has 1 aliphatic heterocycles. The molecule has 0 saturated carbocycles. The van der Waals surface area contributed by atoms with Crippen molar-refractivity contribution in [3.63, 3.8) is 0 Å².